The van der Waals surface area contributed by atoms with Crippen LogP contribution in [-0.4, -0.2) is 275 Å². The minimum absolute atomic E-state index is 0.0796. The number of rotatable bonds is 62. The maximum absolute atomic E-state index is 14.5. The van der Waals surface area contributed by atoms with Gasteiger partial charge in [-0.25, -0.2) is 0 Å². The Kier molecular flexibility index (Phi) is 56.7. The van der Waals surface area contributed by atoms with Gasteiger partial charge in [-0.1, -0.05) is 99.3 Å². The number of ether oxygens (including phenoxy) is 6. The molecule has 7 unspecified atom stereocenters. The predicted octanol–water partition coefficient (Wildman–Crippen LogP) is 3.64. The molecule has 31 nitrogen and oxygen atoms in total. The fraction of sp³-hybridized carbons (Fsp3) is 0.886. The molecule has 3 aliphatic rings. The van der Waals surface area contributed by atoms with E-state index in [1.807, 2.05) is 0 Å². The number of carbonyl (C=O) groups is 9. The van der Waals surface area contributed by atoms with E-state index in [0.29, 0.717) is 142 Å². The van der Waals surface area contributed by atoms with Crippen LogP contribution in [0.5, 0.6) is 0 Å². The molecule has 0 spiro atoms. The van der Waals surface area contributed by atoms with Crippen LogP contribution < -0.4 is 31.9 Å². The second-order valence-electron chi connectivity index (χ2n) is 30.5. The minimum atomic E-state index is -1.44. The highest BCUT2D eigenvalue weighted by Crippen LogP contribution is 2.29. The fourth-order valence-electron chi connectivity index (χ4n) is 13.0. The van der Waals surface area contributed by atoms with Crippen LogP contribution in [-0.2, 0) is 71.6 Å². The summed E-state index contributed by atoms with van der Waals surface area (Å²) >= 11 is 0. The lowest BCUT2D eigenvalue weighted by Crippen LogP contribution is -2.64. The number of aliphatic hydroxyl groups is 9. The third-order valence-corrected chi connectivity index (χ3v) is 19.7. The smallest absolute Gasteiger partial charge is 0.234 e. The first-order valence-electron chi connectivity index (χ1n) is 41.3. The first-order chi connectivity index (χ1) is 52.7. The summed E-state index contributed by atoms with van der Waals surface area (Å²) in [5, 5.41) is 107. The van der Waals surface area contributed by atoms with Crippen LogP contribution in [0.1, 0.15) is 260 Å². The molecule has 0 aromatic rings. The molecule has 0 aromatic heterocycles. The Labute approximate surface area is 654 Å². The summed E-state index contributed by atoms with van der Waals surface area (Å²) in [6, 6.07) is -1.94. The zero-order chi connectivity index (χ0) is 81.6. The number of unbranched alkanes of at least 4 members (excludes halogenated alkanes) is 15. The van der Waals surface area contributed by atoms with E-state index >= 15 is 0 Å². The van der Waals surface area contributed by atoms with Gasteiger partial charge in [0, 0.05) is 123 Å². The van der Waals surface area contributed by atoms with Gasteiger partial charge in [0.05, 0.1) is 51.2 Å². The molecule has 16 atom stereocenters. The van der Waals surface area contributed by atoms with Crippen molar-refractivity contribution in [3.05, 3.63) is 0 Å². The monoisotopic (exact) mass is 1580 g/mol. The third-order valence-electron chi connectivity index (χ3n) is 19.7. The number of hydrogen-bond donors (Lipinski definition) is 15. The van der Waals surface area contributed by atoms with Crippen molar-refractivity contribution in [3.63, 3.8) is 0 Å². The van der Waals surface area contributed by atoms with Gasteiger partial charge in [0.25, 0.3) is 0 Å². The topological polar surface area (TPSA) is 466 Å². The highest BCUT2D eigenvalue weighted by atomic mass is 16.7. The first kappa shape index (κ1) is 101. The Morgan fingerprint density at radius 2 is 0.727 bits per heavy atom. The van der Waals surface area contributed by atoms with Crippen LogP contribution in [0.3, 0.4) is 0 Å². The summed E-state index contributed by atoms with van der Waals surface area (Å²) in [4.78, 5) is 120. The Bertz CT molecular complexity index is 2520. The van der Waals surface area contributed by atoms with Crippen molar-refractivity contribution in [1.82, 2.24) is 36.8 Å². The molecule has 0 bridgehead atoms. The van der Waals surface area contributed by atoms with Gasteiger partial charge in [0.2, 0.25) is 35.4 Å². The third kappa shape index (κ3) is 44.7. The Morgan fingerprint density at radius 3 is 1.18 bits per heavy atom. The summed E-state index contributed by atoms with van der Waals surface area (Å²) < 4.78 is 34.2. The van der Waals surface area contributed by atoms with Gasteiger partial charge in [-0.15, -0.1) is 0 Å². The molecule has 3 fully saturated rings. The van der Waals surface area contributed by atoms with E-state index in [9.17, 15) is 89.1 Å². The Morgan fingerprint density at radius 1 is 0.382 bits per heavy atom. The Balaban J connectivity index is 0.0000100. The molecule has 0 radical (unpaired) electrons. The van der Waals surface area contributed by atoms with Crippen molar-refractivity contribution >= 4 is 52.8 Å². The average molecular weight is 1580 g/mol. The standard InChI is InChI=1S/C75H135N7O24.C4H10/c1-5-6-7-8-9-10-14-29-54(87)31-27-37-64(93)78-39-22-19-32-56(57(89)33-20-23-40-77-62(91)34-15-11-24-43-101-73-51(2)67(95)69(97)58(48-83)104-73)82(47-65(94)80-42-28-41-79-63(92)36-16-12-25-44-102-74-52(3)68(96)70(98)59(49-84)105-74)46-55(88)30-18-21-38-76-61(90)35-17-13-26-45-103-75-66(81-53(4)86)72(100)71(99)60(50-85)106-75;1-4(2)3/h51-52,56,58-60,66-75,83-85,95-100H,5-50H2,1-4H3,(H,76,90)(H,77,91)(H,78,93)(H,79,92)(H,80,94)(H,81,86);4H,1-3H3/t51?,52?,56?,58?,59?,60?,66?,67-,68-,69+,70+,71+,72-,73-,74-,75-;/m1./s1. The van der Waals surface area contributed by atoms with E-state index in [1.54, 1.807) is 18.7 Å². The number of ketones is 3. The van der Waals surface area contributed by atoms with Gasteiger partial charge in [0.1, 0.15) is 66.1 Å². The number of carbonyl (C=O) groups excluding carboxylic acids is 9. The average Bonchev–Trinajstić information content (AvgIpc) is 0.824. The van der Waals surface area contributed by atoms with Crippen LogP contribution >= 0.6 is 0 Å². The van der Waals surface area contributed by atoms with E-state index in [1.165, 1.54) is 32.6 Å². The van der Waals surface area contributed by atoms with E-state index in [0.717, 1.165) is 25.2 Å². The zero-order valence-electron chi connectivity index (χ0n) is 67.4. The summed E-state index contributed by atoms with van der Waals surface area (Å²) in [7, 11) is 0. The molecule has 31 heteroatoms. The van der Waals surface area contributed by atoms with Gasteiger partial charge in [0.15, 0.2) is 18.9 Å². The quantitative estimate of drug-likeness (QED) is 0.0386. The van der Waals surface area contributed by atoms with Crippen molar-refractivity contribution in [2.24, 2.45) is 17.8 Å². The molecule has 3 rings (SSSR count). The summed E-state index contributed by atoms with van der Waals surface area (Å²) in [5.74, 6) is -2.11. The first-order valence-corrected chi connectivity index (χ1v) is 41.3. The van der Waals surface area contributed by atoms with Gasteiger partial charge in [-0.2, -0.15) is 0 Å². The molecular formula is C79H145N7O24. The number of nitrogens with zero attached hydrogens (tertiary/aromatic N) is 1. The Hall–Kier alpha value is -4.81. The SMILES string of the molecule is CC(C)C.CCCCCCCCCC(=O)CCCC(=O)NCCCCC(C(=O)CCCCNC(=O)CCCCCO[C@@H]1OC(CO)[C@H](O)[C@H](O)C1C)N(CC(=O)CCCCNC(=O)CCCCCO[C@@H]1OC(CO)[C@H](O)[C@H](O)C1NC(C)=O)CC(=O)NCCCNC(=O)CCCCCO[C@@H]1OC(CO)[C@H](O)[C@H](O)C1C. The molecule has 15 N–H and O–H groups in total. The predicted molar refractivity (Wildman–Crippen MR) is 411 cm³/mol. The highest BCUT2D eigenvalue weighted by molar-refractivity contribution is 5.88. The number of hydrogen-bond acceptors (Lipinski definition) is 25. The van der Waals surface area contributed by atoms with Crippen molar-refractivity contribution < 1.29 is 118 Å². The van der Waals surface area contributed by atoms with E-state index in [-0.39, 0.29) is 132 Å². The molecule has 110 heavy (non-hydrogen) atoms. The number of aliphatic hydroxyl groups excluding tert-OH is 9. The van der Waals surface area contributed by atoms with Crippen LogP contribution in [0.25, 0.3) is 0 Å². The second kappa shape index (κ2) is 61.6. The summed E-state index contributed by atoms with van der Waals surface area (Å²) in [5.41, 5.74) is 0. The molecular weight excluding hydrogens is 1430 g/mol. The lowest BCUT2D eigenvalue weighted by Gasteiger charge is -2.42. The lowest BCUT2D eigenvalue weighted by molar-refractivity contribution is -0.282. The highest BCUT2D eigenvalue weighted by Gasteiger charge is 2.46. The van der Waals surface area contributed by atoms with Crippen LogP contribution in [0, 0.1) is 17.8 Å². The maximum atomic E-state index is 14.5. The molecule has 640 valence electrons. The zero-order valence-corrected chi connectivity index (χ0v) is 67.4. The second-order valence-corrected chi connectivity index (χ2v) is 30.5. The van der Waals surface area contributed by atoms with E-state index < -0.39 is 129 Å². The molecule has 3 heterocycles. The largest absolute Gasteiger partial charge is 0.394 e. The van der Waals surface area contributed by atoms with Gasteiger partial charge in [-0.05, 0) is 109 Å². The molecule has 0 saturated carbocycles. The van der Waals surface area contributed by atoms with E-state index in [4.69, 9.17) is 28.4 Å². The number of nitrogens with one attached hydrogen (secondary N) is 6. The lowest BCUT2D eigenvalue weighted by atomic mass is 9.92. The van der Waals surface area contributed by atoms with Crippen LogP contribution in [0.2, 0.25) is 0 Å². The van der Waals surface area contributed by atoms with Crippen molar-refractivity contribution in [2.75, 3.05) is 85.5 Å². The van der Waals surface area contributed by atoms with Gasteiger partial charge >= 0.3 is 0 Å². The van der Waals surface area contributed by atoms with Crippen LogP contribution in [0.15, 0.2) is 0 Å². The molecule has 0 aromatic carbocycles. The molecule has 0 aliphatic carbocycles. The maximum Gasteiger partial charge on any atom is 0.234 e. The number of Topliss-reactive ketones (excluding diaryl/α,β-unsaturated/α-hetero) is 3. The fourth-order valence-corrected chi connectivity index (χ4v) is 13.0. The number of amides is 6. The molecule has 6 amide bonds. The van der Waals surface area contributed by atoms with Crippen molar-refractivity contribution in [2.45, 2.75) is 346 Å². The minimum Gasteiger partial charge on any atom is -0.394 e. The summed E-state index contributed by atoms with van der Waals surface area (Å²) in [6.07, 6.45) is 5.40. The normalized spacial score (nSPS) is 24.2. The van der Waals surface area contributed by atoms with Crippen LogP contribution in [0.4, 0.5) is 0 Å². The molecule has 3 saturated heterocycles. The van der Waals surface area contributed by atoms with Crippen molar-refractivity contribution in [3.8, 4) is 0 Å². The van der Waals surface area contributed by atoms with Gasteiger partial charge < -0.3 is 106 Å². The van der Waals surface area contributed by atoms with Crippen molar-refractivity contribution in [1.29, 1.82) is 0 Å². The van der Waals surface area contributed by atoms with E-state index in [2.05, 4.69) is 59.6 Å². The molecule has 3 aliphatic heterocycles. The van der Waals surface area contributed by atoms with Gasteiger partial charge in [-0.3, -0.25) is 48.1 Å². The summed E-state index contributed by atoms with van der Waals surface area (Å²) in [6.45, 7) is 13.3.